The van der Waals surface area contributed by atoms with Crippen molar-refractivity contribution in [2.24, 2.45) is 0 Å². The summed E-state index contributed by atoms with van der Waals surface area (Å²) < 4.78 is 39.2. The molecule has 0 aromatic carbocycles. The molecule has 0 atom stereocenters. The fourth-order valence-corrected chi connectivity index (χ4v) is 4.46. The van der Waals surface area contributed by atoms with E-state index in [9.17, 15) is 13.2 Å². The second kappa shape index (κ2) is 8.98. The van der Waals surface area contributed by atoms with Gasteiger partial charge in [0.1, 0.15) is 23.1 Å². The highest BCUT2D eigenvalue weighted by Gasteiger charge is 2.32. The Morgan fingerprint density at radius 1 is 0.972 bits per heavy atom. The van der Waals surface area contributed by atoms with Gasteiger partial charge in [-0.15, -0.1) is 0 Å². The Labute approximate surface area is 205 Å². The Kier molecular flexibility index (Phi) is 5.63. The Morgan fingerprint density at radius 2 is 1.81 bits per heavy atom. The number of fused-ring (bicyclic) bond motifs is 1. The zero-order valence-corrected chi connectivity index (χ0v) is 19.3. The summed E-state index contributed by atoms with van der Waals surface area (Å²) in [5.74, 6) is 2.29. The van der Waals surface area contributed by atoms with Crippen LogP contribution in [0.4, 0.5) is 30.6 Å². The molecular formula is C25H23F3N8. The van der Waals surface area contributed by atoms with Gasteiger partial charge in [0.25, 0.3) is 0 Å². The number of halogens is 3. The van der Waals surface area contributed by atoms with Crippen molar-refractivity contribution in [1.82, 2.24) is 30.2 Å². The predicted octanol–water partition coefficient (Wildman–Crippen LogP) is 4.53. The maximum absolute atomic E-state index is 13.1. The summed E-state index contributed by atoms with van der Waals surface area (Å²) in [5, 5.41) is 7.30. The molecule has 5 heterocycles. The number of alkyl halides is 3. The lowest BCUT2D eigenvalue weighted by Crippen LogP contribution is -2.44. The van der Waals surface area contributed by atoms with Crippen molar-refractivity contribution in [3.63, 3.8) is 0 Å². The first-order chi connectivity index (χ1) is 17.5. The number of hydrogen-bond acceptors (Lipinski definition) is 8. The summed E-state index contributed by atoms with van der Waals surface area (Å²) in [6.07, 6.45) is 3.04. The molecule has 4 aromatic heterocycles. The van der Waals surface area contributed by atoms with E-state index in [4.69, 9.17) is 9.97 Å². The summed E-state index contributed by atoms with van der Waals surface area (Å²) in [4.78, 5) is 24.5. The third-order valence-corrected chi connectivity index (χ3v) is 6.36. The summed E-state index contributed by atoms with van der Waals surface area (Å²) in [6.45, 7) is 3.42. The van der Waals surface area contributed by atoms with Gasteiger partial charge >= 0.3 is 6.18 Å². The third kappa shape index (κ3) is 4.53. The highest BCUT2D eigenvalue weighted by atomic mass is 19.4. The molecule has 4 aromatic rings. The fourth-order valence-electron chi connectivity index (χ4n) is 4.46. The van der Waals surface area contributed by atoms with Gasteiger partial charge in [-0.3, -0.25) is 4.98 Å². The van der Waals surface area contributed by atoms with Gasteiger partial charge in [-0.2, -0.15) is 13.2 Å². The lowest BCUT2D eigenvalue weighted by atomic mass is 10.1. The van der Waals surface area contributed by atoms with Gasteiger partial charge in [-0.1, -0.05) is 6.07 Å². The molecule has 1 aliphatic heterocycles. The fraction of sp³-hybridized carbons (Fsp3) is 0.320. The van der Waals surface area contributed by atoms with Crippen LogP contribution in [0.2, 0.25) is 0 Å². The van der Waals surface area contributed by atoms with Crippen molar-refractivity contribution in [1.29, 1.82) is 0 Å². The molecule has 6 rings (SSSR count). The van der Waals surface area contributed by atoms with Gasteiger partial charge in [0.05, 0.1) is 11.7 Å². The zero-order valence-electron chi connectivity index (χ0n) is 19.3. The van der Waals surface area contributed by atoms with E-state index in [1.54, 1.807) is 24.5 Å². The Bertz CT molecular complexity index is 1410. The lowest BCUT2D eigenvalue weighted by Gasteiger charge is -2.30. The Morgan fingerprint density at radius 3 is 2.58 bits per heavy atom. The van der Waals surface area contributed by atoms with Crippen molar-refractivity contribution in [2.45, 2.75) is 24.9 Å². The first-order valence-corrected chi connectivity index (χ1v) is 11.8. The van der Waals surface area contributed by atoms with Crippen molar-refractivity contribution < 1.29 is 13.2 Å². The topological polar surface area (TPSA) is 91.8 Å². The first kappa shape index (κ1) is 22.6. The van der Waals surface area contributed by atoms with Crippen LogP contribution in [0.25, 0.3) is 22.3 Å². The number of nitrogens with one attached hydrogen (secondary N) is 2. The molecular weight excluding hydrogens is 469 g/mol. The maximum atomic E-state index is 13.1. The Balaban J connectivity index is 1.39. The molecule has 1 saturated heterocycles. The van der Waals surface area contributed by atoms with Crippen LogP contribution in [0.5, 0.6) is 0 Å². The molecule has 36 heavy (non-hydrogen) atoms. The summed E-state index contributed by atoms with van der Waals surface area (Å²) in [7, 11) is 0. The largest absolute Gasteiger partial charge is 0.433 e. The summed E-state index contributed by atoms with van der Waals surface area (Å²) in [6, 6.07) is 7.19. The number of anilines is 3. The average molecular weight is 493 g/mol. The van der Waals surface area contributed by atoms with Crippen molar-refractivity contribution in [3.05, 3.63) is 60.2 Å². The van der Waals surface area contributed by atoms with Gasteiger partial charge in [-0.05, 0) is 48.6 Å². The van der Waals surface area contributed by atoms with E-state index in [0.29, 0.717) is 23.1 Å². The highest BCUT2D eigenvalue weighted by Crippen LogP contribution is 2.44. The number of hydrogen-bond donors (Lipinski definition) is 2. The SMILES string of the molecule is FC(F)(F)c1cccc(Nc2cc(-c3nc(N4CCNCC4)c4c(C5CC5)cncc4n3)ccn2)n1. The molecule has 0 amide bonds. The molecule has 0 bridgehead atoms. The monoisotopic (exact) mass is 492 g/mol. The second-order valence-electron chi connectivity index (χ2n) is 8.97. The molecule has 8 nitrogen and oxygen atoms in total. The third-order valence-electron chi connectivity index (χ3n) is 6.36. The van der Waals surface area contributed by atoms with E-state index >= 15 is 0 Å². The first-order valence-electron chi connectivity index (χ1n) is 11.8. The van der Waals surface area contributed by atoms with Gasteiger partial charge in [0.15, 0.2) is 5.82 Å². The Hall–Kier alpha value is -3.86. The molecule has 184 valence electrons. The highest BCUT2D eigenvalue weighted by molar-refractivity contribution is 5.94. The van der Waals surface area contributed by atoms with E-state index in [0.717, 1.165) is 61.8 Å². The van der Waals surface area contributed by atoms with Crippen LogP contribution < -0.4 is 15.5 Å². The minimum atomic E-state index is -4.53. The van der Waals surface area contributed by atoms with Crippen molar-refractivity contribution >= 4 is 28.4 Å². The molecule has 0 unspecified atom stereocenters. The number of aromatic nitrogens is 5. The normalized spacial score (nSPS) is 16.4. The summed E-state index contributed by atoms with van der Waals surface area (Å²) in [5.41, 5.74) is 1.69. The number of nitrogens with zero attached hydrogens (tertiary/aromatic N) is 6. The van der Waals surface area contributed by atoms with Gasteiger partial charge in [0, 0.05) is 49.5 Å². The van der Waals surface area contributed by atoms with E-state index in [2.05, 4.69) is 30.5 Å². The van der Waals surface area contributed by atoms with Gasteiger partial charge in [-0.25, -0.2) is 19.9 Å². The number of piperazine rings is 1. The van der Waals surface area contributed by atoms with Crippen LogP contribution in [0.3, 0.4) is 0 Å². The van der Waals surface area contributed by atoms with E-state index in [-0.39, 0.29) is 5.82 Å². The predicted molar refractivity (Wildman–Crippen MR) is 130 cm³/mol. The van der Waals surface area contributed by atoms with Crippen LogP contribution >= 0.6 is 0 Å². The molecule has 2 N–H and O–H groups in total. The molecule has 0 radical (unpaired) electrons. The molecule has 2 aliphatic rings. The standard InChI is InChI=1S/C25H23F3N8/c26-25(27,28)19-2-1-3-20(33-19)34-21-12-16(6-7-31-21)23-32-18-14-30-13-17(15-4-5-15)22(18)24(35-23)36-10-8-29-9-11-36/h1-3,6-7,12-15,29H,4-5,8-11H2,(H,31,33,34). The van der Waals surface area contributed by atoms with E-state index in [1.807, 2.05) is 6.20 Å². The lowest BCUT2D eigenvalue weighted by molar-refractivity contribution is -0.141. The molecule has 0 spiro atoms. The molecule has 2 fully saturated rings. The minimum absolute atomic E-state index is 0.0497. The minimum Gasteiger partial charge on any atom is -0.353 e. The van der Waals surface area contributed by atoms with Crippen LogP contribution in [-0.4, -0.2) is 51.1 Å². The van der Waals surface area contributed by atoms with Crippen LogP contribution in [0.1, 0.15) is 30.0 Å². The van der Waals surface area contributed by atoms with E-state index < -0.39 is 11.9 Å². The van der Waals surface area contributed by atoms with Crippen LogP contribution in [-0.2, 0) is 6.18 Å². The molecule has 11 heteroatoms. The van der Waals surface area contributed by atoms with Crippen LogP contribution in [0.15, 0.2) is 48.9 Å². The van der Waals surface area contributed by atoms with Crippen molar-refractivity contribution in [2.75, 3.05) is 36.4 Å². The van der Waals surface area contributed by atoms with Crippen LogP contribution in [0, 0.1) is 0 Å². The van der Waals surface area contributed by atoms with Crippen molar-refractivity contribution in [3.8, 4) is 11.4 Å². The number of pyridine rings is 3. The van der Waals surface area contributed by atoms with Gasteiger partial charge < -0.3 is 15.5 Å². The van der Waals surface area contributed by atoms with E-state index in [1.165, 1.54) is 17.7 Å². The smallest absolute Gasteiger partial charge is 0.353 e. The average Bonchev–Trinajstić information content (AvgIpc) is 3.74. The molecule has 1 aliphatic carbocycles. The summed E-state index contributed by atoms with van der Waals surface area (Å²) >= 11 is 0. The zero-order chi connectivity index (χ0) is 24.7. The maximum Gasteiger partial charge on any atom is 0.433 e. The molecule has 1 saturated carbocycles. The van der Waals surface area contributed by atoms with Gasteiger partial charge in [0.2, 0.25) is 0 Å². The second-order valence-corrected chi connectivity index (χ2v) is 8.97. The number of rotatable bonds is 5. The quantitative estimate of drug-likeness (QED) is 0.420.